The molecule has 7 heteroatoms. The Hall–Kier alpha value is -1.27. The van der Waals surface area contributed by atoms with Crippen molar-refractivity contribution < 1.29 is 27.9 Å². The first-order chi connectivity index (χ1) is 9.66. The first-order valence-electron chi connectivity index (χ1n) is 7.26. The van der Waals surface area contributed by atoms with Crippen molar-refractivity contribution in [3.8, 4) is 0 Å². The van der Waals surface area contributed by atoms with E-state index in [9.17, 15) is 22.8 Å². The Balaban J connectivity index is 2.67. The van der Waals surface area contributed by atoms with Crippen LogP contribution in [0.25, 0.3) is 0 Å². The number of alkyl halides is 3. The van der Waals surface area contributed by atoms with Crippen molar-refractivity contribution in [3.63, 3.8) is 0 Å². The Kier molecular flexibility index (Phi) is 6.04. The number of carbonyl (C=O) groups excluding carboxylic acids is 1. The third kappa shape index (κ3) is 4.89. The number of hydrogen-bond acceptors (Lipinski definition) is 2. The normalized spacial score (nSPS) is 26.0. The quantitative estimate of drug-likeness (QED) is 0.820. The van der Waals surface area contributed by atoms with Crippen LogP contribution >= 0.6 is 0 Å². The Labute approximate surface area is 122 Å². The van der Waals surface area contributed by atoms with E-state index in [2.05, 4.69) is 5.32 Å². The molecule has 2 N–H and O–H groups in total. The summed E-state index contributed by atoms with van der Waals surface area (Å²) in [6.07, 6.45) is -3.22. The molecule has 0 radical (unpaired) electrons. The number of aliphatic carboxylic acids is 1. The molecule has 0 aromatic heterocycles. The van der Waals surface area contributed by atoms with E-state index in [1.807, 2.05) is 0 Å². The van der Waals surface area contributed by atoms with Crippen LogP contribution in [0.5, 0.6) is 0 Å². The molecule has 1 aliphatic rings. The molecule has 0 aromatic rings. The van der Waals surface area contributed by atoms with E-state index in [1.54, 1.807) is 13.8 Å². The molecule has 4 nitrogen and oxygen atoms in total. The van der Waals surface area contributed by atoms with Crippen LogP contribution in [0.3, 0.4) is 0 Å². The standard InChI is InChI=1S/C14H22F3NO3/c1-3-8(2)11(13(20)21)18-12(19)9-5-4-6-10(7-9)14(15,16)17/h8-11H,3-7H2,1-2H3,(H,18,19)(H,20,21)/t8?,9?,10?,11-/m0/s1. The Morgan fingerprint density at radius 1 is 1.33 bits per heavy atom. The maximum absolute atomic E-state index is 12.7. The van der Waals surface area contributed by atoms with Crippen LogP contribution in [-0.4, -0.2) is 29.2 Å². The van der Waals surface area contributed by atoms with Crippen LogP contribution in [0, 0.1) is 17.8 Å². The summed E-state index contributed by atoms with van der Waals surface area (Å²) in [7, 11) is 0. The second-order valence-corrected chi connectivity index (χ2v) is 5.81. The molecule has 0 aliphatic heterocycles. The van der Waals surface area contributed by atoms with Gasteiger partial charge in [-0.1, -0.05) is 26.7 Å². The number of amides is 1. The fourth-order valence-electron chi connectivity index (χ4n) is 2.68. The Morgan fingerprint density at radius 3 is 2.43 bits per heavy atom. The fraction of sp³-hybridized carbons (Fsp3) is 0.857. The zero-order valence-electron chi connectivity index (χ0n) is 12.2. The summed E-state index contributed by atoms with van der Waals surface area (Å²) in [4.78, 5) is 23.2. The molecule has 0 saturated heterocycles. The zero-order chi connectivity index (χ0) is 16.2. The van der Waals surface area contributed by atoms with E-state index in [0.29, 0.717) is 19.3 Å². The van der Waals surface area contributed by atoms with Crippen molar-refractivity contribution in [1.82, 2.24) is 5.32 Å². The average Bonchev–Trinajstić information content (AvgIpc) is 2.42. The highest BCUT2D eigenvalue weighted by molar-refractivity contribution is 5.85. The van der Waals surface area contributed by atoms with Crippen LogP contribution in [0.15, 0.2) is 0 Å². The Bertz CT molecular complexity index is 384. The van der Waals surface area contributed by atoms with Crippen molar-refractivity contribution in [2.45, 2.75) is 58.2 Å². The highest BCUT2D eigenvalue weighted by atomic mass is 19.4. The van der Waals surface area contributed by atoms with Crippen LogP contribution in [0.2, 0.25) is 0 Å². The van der Waals surface area contributed by atoms with Crippen LogP contribution in [0.4, 0.5) is 13.2 Å². The maximum atomic E-state index is 12.7. The molecule has 0 aromatic carbocycles. The van der Waals surface area contributed by atoms with Crippen molar-refractivity contribution in [3.05, 3.63) is 0 Å². The van der Waals surface area contributed by atoms with Gasteiger partial charge in [-0.2, -0.15) is 13.2 Å². The van der Waals surface area contributed by atoms with Gasteiger partial charge in [0.15, 0.2) is 0 Å². The summed E-state index contributed by atoms with van der Waals surface area (Å²) < 4.78 is 38.2. The smallest absolute Gasteiger partial charge is 0.391 e. The molecule has 1 saturated carbocycles. The molecule has 122 valence electrons. The second-order valence-electron chi connectivity index (χ2n) is 5.81. The van der Waals surface area contributed by atoms with Gasteiger partial charge in [0.25, 0.3) is 0 Å². The van der Waals surface area contributed by atoms with Gasteiger partial charge >= 0.3 is 12.1 Å². The topological polar surface area (TPSA) is 66.4 Å². The van der Waals surface area contributed by atoms with Gasteiger partial charge in [0.2, 0.25) is 5.91 Å². The van der Waals surface area contributed by atoms with Crippen molar-refractivity contribution >= 4 is 11.9 Å². The SMILES string of the molecule is CCC(C)[C@H](NC(=O)C1CCCC(C(F)(F)F)C1)C(=O)O. The van der Waals surface area contributed by atoms with Gasteiger partial charge in [-0.3, -0.25) is 4.79 Å². The highest BCUT2D eigenvalue weighted by Crippen LogP contribution is 2.40. The second kappa shape index (κ2) is 7.13. The molecular formula is C14H22F3NO3. The summed E-state index contributed by atoms with van der Waals surface area (Å²) >= 11 is 0. The van der Waals surface area contributed by atoms with Gasteiger partial charge in [0.05, 0.1) is 5.92 Å². The minimum Gasteiger partial charge on any atom is -0.480 e. The predicted octanol–water partition coefficient (Wildman–Crippen LogP) is 2.97. The number of nitrogens with one attached hydrogen (secondary N) is 1. The molecule has 1 rings (SSSR count). The third-order valence-electron chi connectivity index (χ3n) is 4.28. The summed E-state index contributed by atoms with van der Waals surface area (Å²) in [6, 6.07) is -1.05. The molecule has 4 atom stereocenters. The van der Waals surface area contributed by atoms with Crippen LogP contribution < -0.4 is 5.32 Å². The van der Waals surface area contributed by atoms with Gasteiger partial charge in [-0.15, -0.1) is 0 Å². The lowest BCUT2D eigenvalue weighted by atomic mass is 9.80. The lowest BCUT2D eigenvalue weighted by molar-refractivity contribution is -0.186. The van der Waals surface area contributed by atoms with Crippen LogP contribution in [-0.2, 0) is 9.59 Å². The average molecular weight is 309 g/mol. The number of carboxylic acids is 1. The van der Waals surface area contributed by atoms with E-state index in [4.69, 9.17) is 5.11 Å². The molecule has 21 heavy (non-hydrogen) atoms. The maximum Gasteiger partial charge on any atom is 0.391 e. The van der Waals surface area contributed by atoms with E-state index < -0.39 is 35.9 Å². The number of rotatable bonds is 5. The first kappa shape index (κ1) is 17.8. The largest absolute Gasteiger partial charge is 0.480 e. The van der Waals surface area contributed by atoms with E-state index in [0.717, 1.165) is 0 Å². The summed E-state index contributed by atoms with van der Waals surface area (Å²) in [5.74, 6) is -4.21. The molecule has 0 heterocycles. The molecule has 0 spiro atoms. The monoisotopic (exact) mass is 309 g/mol. The van der Waals surface area contributed by atoms with Gasteiger partial charge in [-0.05, 0) is 25.2 Å². The van der Waals surface area contributed by atoms with Gasteiger partial charge in [0, 0.05) is 5.92 Å². The summed E-state index contributed by atoms with van der Waals surface area (Å²) in [6.45, 7) is 3.49. The molecule has 1 aliphatic carbocycles. The summed E-state index contributed by atoms with van der Waals surface area (Å²) in [5.41, 5.74) is 0. The zero-order valence-corrected chi connectivity index (χ0v) is 12.2. The third-order valence-corrected chi connectivity index (χ3v) is 4.28. The van der Waals surface area contributed by atoms with E-state index in [1.165, 1.54) is 0 Å². The first-order valence-corrected chi connectivity index (χ1v) is 7.26. The molecular weight excluding hydrogens is 287 g/mol. The minimum atomic E-state index is -4.29. The minimum absolute atomic E-state index is 0.0427. The predicted molar refractivity (Wildman–Crippen MR) is 70.5 cm³/mol. The number of hydrogen-bond donors (Lipinski definition) is 2. The van der Waals surface area contributed by atoms with Crippen molar-refractivity contribution in [2.24, 2.45) is 17.8 Å². The molecule has 3 unspecified atom stereocenters. The van der Waals surface area contributed by atoms with Gasteiger partial charge in [-0.25, -0.2) is 4.79 Å². The van der Waals surface area contributed by atoms with Crippen molar-refractivity contribution in [1.29, 1.82) is 0 Å². The molecule has 1 amide bonds. The fourth-order valence-corrected chi connectivity index (χ4v) is 2.68. The summed E-state index contributed by atoms with van der Waals surface area (Å²) in [5, 5.41) is 11.5. The lowest BCUT2D eigenvalue weighted by Gasteiger charge is -2.31. The van der Waals surface area contributed by atoms with Crippen molar-refractivity contribution in [2.75, 3.05) is 0 Å². The Morgan fingerprint density at radius 2 is 1.95 bits per heavy atom. The molecule has 1 fully saturated rings. The lowest BCUT2D eigenvalue weighted by Crippen LogP contribution is -2.48. The number of halogens is 3. The number of carbonyl (C=O) groups is 2. The molecule has 0 bridgehead atoms. The van der Waals surface area contributed by atoms with E-state index in [-0.39, 0.29) is 18.8 Å². The van der Waals surface area contributed by atoms with Crippen LogP contribution in [0.1, 0.15) is 46.0 Å². The van der Waals surface area contributed by atoms with Gasteiger partial charge in [0.1, 0.15) is 6.04 Å². The highest BCUT2D eigenvalue weighted by Gasteiger charge is 2.44. The van der Waals surface area contributed by atoms with E-state index >= 15 is 0 Å². The number of carboxylic acid groups (broad SMARTS) is 1. The van der Waals surface area contributed by atoms with Gasteiger partial charge < -0.3 is 10.4 Å².